The molecule has 2 aromatic carbocycles. The molecule has 0 spiro atoms. The monoisotopic (exact) mass is 293 g/mol. The van der Waals surface area contributed by atoms with E-state index in [-0.39, 0.29) is 18.2 Å². The first kappa shape index (κ1) is 15.3. The van der Waals surface area contributed by atoms with Gasteiger partial charge >= 0.3 is 0 Å². The van der Waals surface area contributed by atoms with E-state index < -0.39 is 0 Å². The van der Waals surface area contributed by atoms with Gasteiger partial charge in [-0.3, -0.25) is 9.59 Å². The Balaban J connectivity index is 2.08. The average molecular weight is 293 g/mol. The number of carbonyl (C=O) groups excluding carboxylic acids is 2. The number of benzene rings is 2. The Bertz CT molecular complexity index is 703. The molecule has 2 aromatic rings. The third-order valence-corrected chi connectivity index (χ3v) is 3.10. The maximum Gasteiger partial charge on any atom is 0.258 e. The number of carbonyl (C=O) groups is 2. The zero-order chi connectivity index (χ0) is 15.9. The van der Waals surface area contributed by atoms with Crippen LogP contribution in [0.3, 0.4) is 0 Å². The second kappa shape index (κ2) is 7.04. The van der Waals surface area contributed by atoms with Crippen LogP contribution in [-0.2, 0) is 4.79 Å². The lowest BCUT2D eigenvalue weighted by Gasteiger charge is -2.17. The molecule has 2 amide bonds. The molecule has 22 heavy (non-hydrogen) atoms. The van der Waals surface area contributed by atoms with Crippen molar-refractivity contribution < 1.29 is 9.59 Å². The maximum absolute atomic E-state index is 12.3. The molecule has 0 aliphatic heterocycles. The van der Waals surface area contributed by atoms with Crippen molar-refractivity contribution in [1.29, 1.82) is 5.26 Å². The Morgan fingerprint density at radius 3 is 2.32 bits per heavy atom. The number of nitrogens with one attached hydrogen (secondary N) is 1. The molecule has 0 bridgehead atoms. The molecule has 0 heterocycles. The van der Waals surface area contributed by atoms with Crippen LogP contribution in [0.1, 0.15) is 16.8 Å². The third kappa shape index (κ3) is 3.70. The number of nitrogens with zero attached hydrogens (tertiary/aromatic N) is 2. The molecule has 0 saturated carbocycles. The number of anilines is 2. The molecular formula is C17H15N3O2. The summed E-state index contributed by atoms with van der Waals surface area (Å²) in [6, 6.07) is 17.7. The highest BCUT2D eigenvalue weighted by Gasteiger charge is 2.13. The first-order chi connectivity index (χ1) is 10.6. The third-order valence-electron chi connectivity index (χ3n) is 3.10. The van der Waals surface area contributed by atoms with Crippen molar-refractivity contribution in [3.8, 4) is 6.07 Å². The van der Waals surface area contributed by atoms with Crippen LogP contribution in [0.15, 0.2) is 54.6 Å². The molecule has 0 radical (unpaired) electrons. The molecule has 110 valence electrons. The molecule has 0 aromatic heterocycles. The van der Waals surface area contributed by atoms with Gasteiger partial charge in [-0.1, -0.05) is 18.2 Å². The Morgan fingerprint density at radius 1 is 1.09 bits per heavy atom. The van der Waals surface area contributed by atoms with Gasteiger partial charge in [0.2, 0.25) is 5.91 Å². The van der Waals surface area contributed by atoms with Crippen molar-refractivity contribution in [2.75, 3.05) is 17.3 Å². The van der Waals surface area contributed by atoms with Gasteiger partial charge in [-0.05, 0) is 36.4 Å². The van der Waals surface area contributed by atoms with Crippen molar-refractivity contribution in [1.82, 2.24) is 0 Å². The zero-order valence-electron chi connectivity index (χ0n) is 12.1. The van der Waals surface area contributed by atoms with Gasteiger partial charge in [0.15, 0.2) is 0 Å². The highest BCUT2D eigenvalue weighted by Crippen LogP contribution is 2.19. The van der Waals surface area contributed by atoms with Crippen LogP contribution < -0.4 is 10.2 Å². The van der Waals surface area contributed by atoms with Crippen LogP contribution in [0.5, 0.6) is 0 Å². The van der Waals surface area contributed by atoms with Gasteiger partial charge in [-0.15, -0.1) is 0 Å². The number of nitriles is 1. The number of hydrogen-bond donors (Lipinski definition) is 1. The van der Waals surface area contributed by atoms with Gasteiger partial charge in [0.1, 0.15) is 6.42 Å². The number of hydrogen-bond acceptors (Lipinski definition) is 3. The molecule has 0 aliphatic carbocycles. The summed E-state index contributed by atoms with van der Waals surface area (Å²) in [5.41, 5.74) is 1.91. The van der Waals surface area contributed by atoms with Crippen LogP contribution in [0, 0.1) is 11.3 Å². The van der Waals surface area contributed by atoms with Crippen LogP contribution in [0.4, 0.5) is 11.4 Å². The summed E-state index contributed by atoms with van der Waals surface area (Å²) in [5, 5.41) is 11.1. The van der Waals surface area contributed by atoms with Crippen LogP contribution >= 0.6 is 0 Å². The largest absolute Gasteiger partial charge is 0.325 e. The fourth-order valence-corrected chi connectivity index (χ4v) is 1.94. The van der Waals surface area contributed by atoms with E-state index in [0.717, 1.165) is 0 Å². The van der Waals surface area contributed by atoms with Gasteiger partial charge in [0.05, 0.1) is 6.07 Å². The summed E-state index contributed by atoms with van der Waals surface area (Å²) < 4.78 is 0. The fraction of sp³-hybridized carbons (Fsp3) is 0.118. The second-order valence-corrected chi connectivity index (χ2v) is 4.66. The van der Waals surface area contributed by atoms with Crippen LogP contribution in [-0.4, -0.2) is 18.9 Å². The molecule has 5 heteroatoms. The summed E-state index contributed by atoms with van der Waals surface area (Å²) in [6.45, 7) is 0. The normalized spacial score (nSPS) is 9.64. The van der Waals surface area contributed by atoms with E-state index in [4.69, 9.17) is 5.26 Å². The summed E-state index contributed by atoms with van der Waals surface area (Å²) >= 11 is 0. The smallest absolute Gasteiger partial charge is 0.258 e. The van der Waals surface area contributed by atoms with Gasteiger partial charge in [0, 0.05) is 24.0 Å². The van der Waals surface area contributed by atoms with Crippen LogP contribution in [0.2, 0.25) is 0 Å². The lowest BCUT2D eigenvalue weighted by Crippen LogP contribution is -2.26. The fourth-order valence-electron chi connectivity index (χ4n) is 1.94. The molecule has 0 unspecified atom stereocenters. The van der Waals surface area contributed by atoms with Crippen molar-refractivity contribution >= 4 is 23.2 Å². The summed E-state index contributed by atoms with van der Waals surface area (Å²) in [7, 11) is 1.69. The Morgan fingerprint density at radius 2 is 1.73 bits per heavy atom. The molecule has 1 N–H and O–H groups in total. The first-order valence-electron chi connectivity index (χ1n) is 6.72. The van der Waals surface area contributed by atoms with Gasteiger partial charge in [-0.25, -0.2) is 0 Å². The molecular weight excluding hydrogens is 278 g/mol. The number of amides is 2. The highest BCUT2D eigenvalue weighted by atomic mass is 16.2. The highest BCUT2D eigenvalue weighted by molar-refractivity contribution is 6.05. The number of rotatable bonds is 4. The van der Waals surface area contributed by atoms with E-state index in [2.05, 4.69) is 5.32 Å². The Labute approximate surface area is 128 Å². The van der Waals surface area contributed by atoms with Crippen molar-refractivity contribution in [3.63, 3.8) is 0 Å². The van der Waals surface area contributed by atoms with E-state index in [0.29, 0.717) is 16.9 Å². The minimum atomic E-state index is -0.357. The summed E-state index contributed by atoms with van der Waals surface area (Å²) in [5.74, 6) is -0.467. The minimum Gasteiger partial charge on any atom is -0.325 e. The Hall–Kier alpha value is -3.13. The second-order valence-electron chi connectivity index (χ2n) is 4.66. The standard InChI is InChI=1S/C17H15N3O2/c1-20(17(22)13-5-3-2-4-6-13)15-9-7-14(8-10-15)19-16(21)11-12-18/h2-10H,11H2,1H3,(H,19,21). The predicted octanol–water partition coefficient (Wildman–Crippen LogP) is 2.82. The molecule has 0 fully saturated rings. The summed E-state index contributed by atoms with van der Waals surface area (Å²) in [4.78, 5) is 25.2. The van der Waals surface area contributed by atoms with E-state index in [1.165, 1.54) is 4.90 Å². The maximum atomic E-state index is 12.3. The van der Waals surface area contributed by atoms with Gasteiger partial charge in [-0.2, -0.15) is 5.26 Å². The molecule has 2 rings (SSSR count). The Kier molecular flexibility index (Phi) is 4.89. The quantitative estimate of drug-likeness (QED) is 0.942. The van der Waals surface area contributed by atoms with E-state index in [1.807, 2.05) is 18.2 Å². The minimum absolute atomic E-state index is 0.109. The van der Waals surface area contributed by atoms with Crippen molar-refractivity contribution in [2.24, 2.45) is 0 Å². The zero-order valence-corrected chi connectivity index (χ0v) is 12.1. The lowest BCUT2D eigenvalue weighted by atomic mass is 10.2. The molecule has 0 aliphatic rings. The molecule has 0 saturated heterocycles. The predicted molar refractivity (Wildman–Crippen MR) is 84.5 cm³/mol. The van der Waals surface area contributed by atoms with Gasteiger partial charge < -0.3 is 10.2 Å². The van der Waals surface area contributed by atoms with Gasteiger partial charge in [0.25, 0.3) is 5.91 Å². The van der Waals surface area contributed by atoms with E-state index in [9.17, 15) is 9.59 Å². The lowest BCUT2D eigenvalue weighted by molar-refractivity contribution is -0.115. The van der Waals surface area contributed by atoms with Crippen LogP contribution in [0.25, 0.3) is 0 Å². The van der Waals surface area contributed by atoms with E-state index in [1.54, 1.807) is 49.5 Å². The SMILES string of the molecule is CN(C(=O)c1ccccc1)c1ccc(NC(=O)CC#N)cc1. The van der Waals surface area contributed by atoms with Crippen molar-refractivity contribution in [3.05, 3.63) is 60.2 Å². The first-order valence-corrected chi connectivity index (χ1v) is 6.72. The van der Waals surface area contributed by atoms with E-state index >= 15 is 0 Å². The molecule has 0 atom stereocenters. The topological polar surface area (TPSA) is 73.2 Å². The summed E-state index contributed by atoms with van der Waals surface area (Å²) in [6.07, 6.45) is -0.186. The van der Waals surface area contributed by atoms with Crippen molar-refractivity contribution in [2.45, 2.75) is 6.42 Å². The average Bonchev–Trinajstić information content (AvgIpc) is 2.55. The molecule has 5 nitrogen and oxygen atoms in total.